The van der Waals surface area contributed by atoms with Gasteiger partial charge in [-0.05, 0) is 12.8 Å². The van der Waals surface area contributed by atoms with Crippen molar-refractivity contribution in [1.82, 2.24) is 0 Å². The highest BCUT2D eigenvalue weighted by atomic mass is 16.5. The molecular formula is C19H34O5. The Morgan fingerprint density at radius 2 is 1.29 bits per heavy atom. The lowest BCUT2D eigenvalue weighted by Gasteiger charge is -2.08. The monoisotopic (exact) mass is 342 g/mol. The minimum atomic E-state index is -0.379. The van der Waals surface area contributed by atoms with Gasteiger partial charge in [-0.1, -0.05) is 32.9 Å². The van der Waals surface area contributed by atoms with Gasteiger partial charge in [0.25, 0.3) is 0 Å². The van der Waals surface area contributed by atoms with E-state index in [1.165, 1.54) is 6.08 Å². The van der Waals surface area contributed by atoms with Crippen molar-refractivity contribution in [3.05, 3.63) is 25.0 Å². The molecule has 0 spiro atoms. The Morgan fingerprint density at radius 1 is 0.792 bits per heavy atom. The Kier molecular flexibility index (Phi) is 17.0. The smallest absolute Gasteiger partial charge is 0.330 e. The largest absolute Gasteiger partial charge is 0.498 e. The van der Waals surface area contributed by atoms with E-state index in [1.807, 2.05) is 6.92 Å². The normalized spacial score (nSPS) is 10.4. The second-order valence-corrected chi connectivity index (χ2v) is 5.46. The van der Waals surface area contributed by atoms with Crippen molar-refractivity contribution in [3.63, 3.8) is 0 Å². The van der Waals surface area contributed by atoms with Gasteiger partial charge in [0.1, 0.15) is 0 Å². The molecule has 0 radical (unpaired) electrons. The molecule has 0 N–H and O–H groups in total. The van der Waals surface area contributed by atoms with Crippen LogP contribution in [0.25, 0.3) is 0 Å². The van der Waals surface area contributed by atoms with Crippen LogP contribution >= 0.6 is 0 Å². The van der Waals surface area contributed by atoms with E-state index in [9.17, 15) is 4.79 Å². The van der Waals surface area contributed by atoms with Gasteiger partial charge in [0.15, 0.2) is 0 Å². The quantitative estimate of drug-likeness (QED) is 0.163. The molecule has 0 bridgehead atoms. The third kappa shape index (κ3) is 17.0. The van der Waals surface area contributed by atoms with Crippen molar-refractivity contribution >= 4 is 5.97 Å². The van der Waals surface area contributed by atoms with Gasteiger partial charge >= 0.3 is 5.97 Å². The standard InChI is InChI=1S/C19H34O5/c1-4-18(3)23-16-10-14-21-12-8-6-7-9-13-22-15-11-17-24-19(20)5-2/h5H,2-4,6-17H2,1H3. The first kappa shape index (κ1) is 22.7. The zero-order valence-corrected chi connectivity index (χ0v) is 15.2. The Balaban J connectivity index is 3.06. The fourth-order valence-corrected chi connectivity index (χ4v) is 1.84. The summed E-state index contributed by atoms with van der Waals surface area (Å²) in [5.74, 6) is 0.464. The summed E-state index contributed by atoms with van der Waals surface area (Å²) in [5, 5.41) is 0. The molecule has 0 aliphatic carbocycles. The summed E-state index contributed by atoms with van der Waals surface area (Å²) in [6.45, 7) is 13.2. The van der Waals surface area contributed by atoms with Gasteiger partial charge < -0.3 is 18.9 Å². The van der Waals surface area contributed by atoms with E-state index in [1.54, 1.807) is 0 Å². The van der Waals surface area contributed by atoms with Gasteiger partial charge in [-0.15, -0.1) is 0 Å². The summed E-state index contributed by atoms with van der Waals surface area (Å²) in [6, 6.07) is 0. The second-order valence-electron chi connectivity index (χ2n) is 5.46. The molecule has 0 aliphatic heterocycles. The van der Waals surface area contributed by atoms with Crippen molar-refractivity contribution in [2.24, 2.45) is 0 Å². The number of unbranched alkanes of at least 4 members (excludes halogenated alkanes) is 3. The molecule has 5 nitrogen and oxygen atoms in total. The number of hydrogen-bond donors (Lipinski definition) is 0. The SMILES string of the molecule is C=CC(=O)OCCCOCCCCCCOCCCOC(=C)CC. The molecule has 0 fully saturated rings. The van der Waals surface area contributed by atoms with Gasteiger partial charge in [-0.3, -0.25) is 0 Å². The summed E-state index contributed by atoms with van der Waals surface area (Å²) < 4.78 is 21.3. The molecular weight excluding hydrogens is 308 g/mol. The van der Waals surface area contributed by atoms with Crippen LogP contribution in [0, 0.1) is 0 Å². The maximum absolute atomic E-state index is 10.8. The van der Waals surface area contributed by atoms with Gasteiger partial charge in [0.2, 0.25) is 0 Å². The number of rotatable bonds is 18. The lowest BCUT2D eigenvalue weighted by molar-refractivity contribution is -0.138. The van der Waals surface area contributed by atoms with E-state index in [-0.39, 0.29) is 5.97 Å². The van der Waals surface area contributed by atoms with E-state index in [0.29, 0.717) is 19.8 Å². The molecule has 0 aromatic carbocycles. The van der Waals surface area contributed by atoms with Gasteiger partial charge in [0, 0.05) is 51.8 Å². The highest BCUT2D eigenvalue weighted by molar-refractivity contribution is 5.81. The van der Waals surface area contributed by atoms with Crippen LogP contribution in [0.2, 0.25) is 0 Å². The molecule has 5 heteroatoms. The third-order valence-electron chi connectivity index (χ3n) is 3.30. The first-order chi connectivity index (χ1) is 11.7. The molecule has 0 aliphatic rings. The third-order valence-corrected chi connectivity index (χ3v) is 3.30. The topological polar surface area (TPSA) is 54.0 Å². The zero-order valence-electron chi connectivity index (χ0n) is 15.2. The van der Waals surface area contributed by atoms with Crippen molar-refractivity contribution in [2.45, 2.75) is 51.9 Å². The fraction of sp³-hybridized carbons (Fsp3) is 0.737. The summed E-state index contributed by atoms with van der Waals surface area (Å²) >= 11 is 0. The summed E-state index contributed by atoms with van der Waals surface area (Å²) in [4.78, 5) is 10.8. The van der Waals surface area contributed by atoms with Gasteiger partial charge in [-0.25, -0.2) is 4.79 Å². The molecule has 0 rings (SSSR count). The second kappa shape index (κ2) is 18.0. The molecule has 0 atom stereocenters. The number of carbonyl (C=O) groups excluding carboxylic acids is 1. The summed E-state index contributed by atoms with van der Waals surface area (Å²) in [6.07, 6.45) is 8.12. The van der Waals surface area contributed by atoms with Crippen molar-refractivity contribution < 1.29 is 23.7 Å². The number of carbonyl (C=O) groups is 1. The molecule has 0 amide bonds. The van der Waals surface area contributed by atoms with Crippen LogP contribution in [0.5, 0.6) is 0 Å². The van der Waals surface area contributed by atoms with E-state index in [4.69, 9.17) is 18.9 Å². The minimum Gasteiger partial charge on any atom is -0.498 e. The average molecular weight is 342 g/mol. The van der Waals surface area contributed by atoms with E-state index >= 15 is 0 Å². The Morgan fingerprint density at radius 3 is 1.79 bits per heavy atom. The van der Waals surface area contributed by atoms with Crippen LogP contribution in [0.15, 0.2) is 25.0 Å². The van der Waals surface area contributed by atoms with Gasteiger partial charge in [-0.2, -0.15) is 0 Å². The van der Waals surface area contributed by atoms with Crippen molar-refractivity contribution in [2.75, 3.05) is 39.6 Å². The first-order valence-corrected chi connectivity index (χ1v) is 8.96. The number of ether oxygens (including phenoxy) is 4. The van der Waals surface area contributed by atoms with Crippen LogP contribution in [-0.4, -0.2) is 45.6 Å². The van der Waals surface area contributed by atoms with Crippen LogP contribution in [0.4, 0.5) is 0 Å². The molecule has 0 aromatic rings. The summed E-state index contributed by atoms with van der Waals surface area (Å²) in [7, 11) is 0. The molecule has 140 valence electrons. The Bertz CT molecular complexity index is 328. The fourth-order valence-electron chi connectivity index (χ4n) is 1.84. The average Bonchev–Trinajstić information content (AvgIpc) is 2.60. The lowest BCUT2D eigenvalue weighted by atomic mass is 10.2. The maximum atomic E-state index is 10.8. The molecule has 0 saturated heterocycles. The highest BCUT2D eigenvalue weighted by Crippen LogP contribution is 2.02. The molecule has 0 saturated carbocycles. The minimum absolute atomic E-state index is 0.379. The molecule has 0 heterocycles. The predicted octanol–water partition coefficient (Wildman–Crippen LogP) is 4.03. The predicted molar refractivity (Wildman–Crippen MR) is 95.9 cm³/mol. The van der Waals surface area contributed by atoms with E-state index in [2.05, 4.69) is 13.2 Å². The maximum Gasteiger partial charge on any atom is 0.330 e. The van der Waals surface area contributed by atoms with Crippen molar-refractivity contribution in [1.29, 1.82) is 0 Å². The number of hydrogen-bond acceptors (Lipinski definition) is 5. The molecule has 0 unspecified atom stereocenters. The number of esters is 1. The Labute approximate surface area is 147 Å². The molecule has 0 aromatic heterocycles. The summed E-state index contributed by atoms with van der Waals surface area (Å²) in [5.41, 5.74) is 0. The van der Waals surface area contributed by atoms with Crippen molar-refractivity contribution in [3.8, 4) is 0 Å². The van der Waals surface area contributed by atoms with Crippen LogP contribution in [-0.2, 0) is 23.7 Å². The first-order valence-electron chi connectivity index (χ1n) is 8.96. The van der Waals surface area contributed by atoms with E-state index < -0.39 is 0 Å². The van der Waals surface area contributed by atoms with Gasteiger partial charge in [0.05, 0.1) is 19.0 Å². The van der Waals surface area contributed by atoms with E-state index in [0.717, 1.165) is 70.5 Å². The lowest BCUT2D eigenvalue weighted by Crippen LogP contribution is -2.05. The van der Waals surface area contributed by atoms with Crippen LogP contribution in [0.3, 0.4) is 0 Å². The Hall–Kier alpha value is -1.33. The highest BCUT2D eigenvalue weighted by Gasteiger charge is 1.96. The number of allylic oxidation sites excluding steroid dienone is 1. The van der Waals surface area contributed by atoms with Crippen LogP contribution in [0.1, 0.15) is 51.9 Å². The van der Waals surface area contributed by atoms with Crippen LogP contribution < -0.4 is 0 Å². The molecule has 24 heavy (non-hydrogen) atoms. The zero-order chi connectivity index (χ0) is 17.9.